The molecule has 2 rings (SSSR count). The molecule has 0 saturated carbocycles. The number of methoxy groups -OCH3 is 4. The van der Waals surface area contributed by atoms with Gasteiger partial charge in [0.1, 0.15) is 0 Å². The molecule has 0 fully saturated rings. The molecule has 0 aliphatic heterocycles. The molecule has 2 aromatic carbocycles. The third-order valence-electron chi connectivity index (χ3n) is 4.14. The van der Waals surface area contributed by atoms with E-state index < -0.39 is 17.9 Å². The highest BCUT2D eigenvalue weighted by atomic mass is 16.5. The number of hydrogen-bond acceptors (Lipinski definition) is 6. The van der Waals surface area contributed by atoms with Gasteiger partial charge in [0, 0.05) is 5.56 Å². The standard InChI is InChI=1S/C20H23NO7/c1-25-15-7-5-12(9-17(15)27-3)14(11-19(22)23)21-20(24)13-6-8-16(26-2)18(10-13)28-4/h5-10,14H,11H2,1-4H3,(H,21,24)(H,22,23)/t14-/m1/s1. The molecule has 8 nitrogen and oxygen atoms in total. The second-order valence-electron chi connectivity index (χ2n) is 5.81. The number of amides is 1. The lowest BCUT2D eigenvalue weighted by molar-refractivity contribution is -0.137. The summed E-state index contributed by atoms with van der Waals surface area (Å²) in [6, 6.07) is 8.93. The van der Waals surface area contributed by atoms with Crippen molar-refractivity contribution in [1.82, 2.24) is 5.32 Å². The van der Waals surface area contributed by atoms with Crippen molar-refractivity contribution in [3.05, 3.63) is 47.5 Å². The number of nitrogens with one attached hydrogen (secondary N) is 1. The van der Waals surface area contributed by atoms with Crippen molar-refractivity contribution in [3.63, 3.8) is 0 Å². The van der Waals surface area contributed by atoms with E-state index in [1.54, 1.807) is 30.3 Å². The molecule has 1 atom stereocenters. The van der Waals surface area contributed by atoms with Crippen LogP contribution in [0.25, 0.3) is 0 Å². The normalized spacial score (nSPS) is 11.3. The van der Waals surface area contributed by atoms with Gasteiger partial charge < -0.3 is 29.4 Å². The molecule has 0 bridgehead atoms. The van der Waals surface area contributed by atoms with Crippen LogP contribution in [-0.4, -0.2) is 45.4 Å². The second-order valence-corrected chi connectivity index (χ2v) is 5.81. The largest absolute Gasteiger partial charge is 0.493 e. The quantitative estimate of drug-likeness (QED) is 0.679. The van der Waals surface area contributed by atoms with Gasteiger partial charge >= 0.3 is 5.97 Å². The lowest BCUT2D eigenvalue weighted by Crippen LogP contribution is -2.30. The zero-order valence-corrected chi connectivity index (χ0v) is 16.1. The van der Waals surface area contributed by atoms with Crippen LogP contribution in [0.2, 0.25) is 0 Å². The Morgan fingerprint density at radius 1 is 0.857 bits per heavy atom. The number of benzene rings is 2. The first-order chi connectivity index (χ1) is 13.4. The predicted molar refractivity (Wildman–Crippen MR) is 102 cm³/mol. The van der Waals surface area contributed by atoms with Crippen molar-refractivity contribution < 1.29 is 33.6 Å². The predicted octanol–water partition coefficient (Wildman–Crippen LogP) is 2.67. The third kappa shape index (κ3) is 4.85. The van der Waals surface area contributed by atoms with Crippen molar-refractivity contribution in [2.24, 2.45) is 0 Å². The fraction of sp³-hybridized carbons (Fsp3) is 0.300. The van der Waals surface area contributed by atoms with Crippen molar-refractivity contribution in [2.45, 2.75) is 12.5 Å². The van der Waals surface area contributed by atoms with E-state index in [0.717, 1.165) is 0 Å². The summed E-state index contributed by atoms with van der Waals surface area (Å²) in [5, 5.41) is 12.0. The molecule has 150 valence electrons. The fourth-order valence-electron chi connectivity index (χ4n) is 2.72. The molecule has 2 N–H and O–H groups in total. The van der Waals surface area contributed by atoms with Gasteiger partial charge in [-0.3, -0.25) is 9.59 Å². The minimum Gasteiger partial charge on any atom is -0.493 e. The van der Waals surface area contributed by atoms with Crippen molar-refractivity contribution in [1.29, 1.82) is 0 Å². The number of carbonyl (C=O) groups is 2. The molecule has 0 aromatic heterocycles. The number of carboxylic acids is 1. The summed E-state index contributed by atoms with van der Waals surface area (Å²) in [5.74, 6) is 0.341. The summed E-state index contributed by atoms with van der Waals surface area (Å²) in [5.41, 5.74) is 0.891. The van der Waals surface area contributed by atoms with Gasteiger partial charge in [0.25, 0.3) is 5.91 Å². The topological polar surface area (TPSA) is 103 Å². The Morgan fingerprint density at radius 3 is 1.93 bits per heavy atom. The summed E-state index contributed by atoms with van der Waals surface area (Å²) >= 11 is 0. The van der Waals surface area contributed by atoms with Gasteiger partial charge in [-0.15, -0.1) is 0 Å². The lowest BCUT2D eigenvalue weighted by Gasteiger charge is -2.19. The van der Waals surface area contributed by atoms with Crippen molar-refractivity contribution in [3.8, 4) is 23.0 Å². The molecular weight excluding hydrogens is 366 g/mol. The number of aliphatic carboxylic acids is 1. The van der Waals surface area contributed by atoms with Crippen LogP contribution < -0.4 is 24.3 Å². The van der Waals surface area contributed by atoms with E-state index in [2.05, 4.69) is 5.32 Å². The molecule has 0 heterocycles. The lowest BCUT2D eigenvalue weighted by atomic mass is 10.0. The first kappa shape index (κ1) is 20.9. The van der Waals surface area contributed by atoms with Crippen molar-refractivity contribution >= 4 is 11.9 Å². The first-order valence-corrected chi connectivity index (χ1v) is 8.40. The summed E-state index contributed by atoms with van der Waals surface area (Å²) < 4.78 is 20.8. The highest BCUT2D eigenvalue weighted by Crippen LogP contribution is 2.32. The van der Waals surface area contributed by atoms with Crippen LogP contribution in [0.1, 0.15) is 28.4 Å². The van der Waals surface area contributed by atoms with Crippen LogP contribution in [0, 0.1) is 0 Å². The summed E-state index contributed by atoms with van der Waals surface area (Å²) in [6.07, 6.45) is -0.297. The Bertz CT molecular complexity index is 850. The van der Waals surface area contributed by atoms with E-state index in [4.69, 9.17) is 18.9 Å². The number of carbonyl (C=O) groups excluding carboxylic acids is 1. The number of ether oxygens (including phenoxy) is 4. The minimum absolute atomic E-state index is 0.297. The van der Waals surface area contributed by atoms with E-state index in [0.29, 0.717) is 34.1 Å². The molecule has 1 amide bonds. The molecule has 0 aliphatic carbocycles. The van der Waals surface area contributed by atoms with Crippen LogP contribution in [0.15, 0.2) is 36.4 Å². The fourth-order valence-corrected chi connectivity index (χ4v) is 2.72. The monoisotopic (exact) mass is 389 g/mol. The molecule has 2 aromatic rings. The number of carboxylic acid groups (broad SMARTS) is 1. The van der Waals surface area contributed by atoms with Crippen LogP contribution >= 0.6 is 0 Å². The maximum Gasteiger partial charge on any atom is 0.305 e. The molecule has 0 unspecified atom stereocenters. The number of hydrogen-bond donors (Lipinski definition) is 2. The average Bonchev–Trinajstić information content (AvgIpc) is 2.71. The molecule has 0 spiro atoms. The van der Waals surface area contributed by atoms with Gasteiger partial charge in [-0.1, -0.05) is 6.07 Å². The van der Waals surface area contributed by atoms with Gasteiger partial charge in [-0.25, -0.2) is 0 Å². The maximum absolute atomic E-state index is 12.7. The minimum atomic E-state index is -1.05. The molecule has 8 heteroatoms. The van der Waals surface area contributed by atoms with Crippen LogP contribution in [-0.2, 0) is 4.79 Å². The Kier molecular flexibility index (Phi) is 7.08. The number of rotatable bonds is 9. The summed E-state index contributed by atoms with van der Waals surface area (Å²) in [7, 11) is 5.95. The van der Waals surface area contributed by atoms with Gasteiger partial charge in [-0.05, 0) is 35.9 Å². The highest BCUT2D eigenvalue weighted by molar-refractivity contribution is 5.95. The van der Waals surface area contributed by atoms with Crippen LogP contribution in [0.3, 0.4) is 0 Å². The first-order valence-electron chi connectivity index (χ1n) is 8.40. The second kappa shape index (κ2) is 9.50. The zero-order valence-electron chi connectivity index (χ0n) is 16.1. The maximum atomic E-state index is 12.7. The SMILES string of the molecule is COc1ccc(C(=O)N[C@H](CC(=O)O)c2ccc(OC)c(OC)c2)cc1OC. The molecule has 0 radical (unpaired) electrons. The van der Waals surface area contributed by atoms with Gasteiger partial charge in [0.15, 0.2) is 23.0 Å². The smallest absolute Gasteiger partial charge is 0.305 e. The van der Waals surface area contributed by atoms with E-state index in [-0.39, 0.29) is 6.42 Å². The summed E-state index contributed by atoms with van der Waals surface area (Å²) in [4.78, 5) is 24.0. The van der Waals surface area contributed by atoms with Gasteiger partial charge in [0.05, 0.1) is 40.9 Å². The van der Waals surface area contributed by atoms with E-state index in [9.17, 15) is 14.7 Å². The molecule has 0 aliphatic rings. The zero-order chi connectivity index (χ0) is 20.7. The molecular formula is C20H23NO7. The Balaban J connectivity index is 2.32. The van der Waals surface area contributed by atoms with Crippen molar-refractivity contribution in [2.75, 3.05) is 28.4 Å². The highest BCUT2D eigenvalue weighted by Gasteiger charge is 2.21. The Morgan fingerprint density at radius 2 is 1.39 bits per heavy atom. The average molecular weight is 389 g/mol. The van der Waals surface area contributed by atoms with E-state index >= 15 is 0 Å². The van der Waals surface area contributed by atoms with Crippen LogP contribution in [0.4, 0.5) is 0 Å². The van der Waals surface area contributed by atoms with Gasteiger partial charge in [0.2, 0.25) is 0 Å². The molecule has 28 heavy (non-hydrogen) atoms. The van der Waals surface area contributed by atoms with E-state index in [1.807, 2.05) is 0 Å². The Labute approximate surface area is 163 Å². The van der Waals surface area contributed by atoms with Gasteiger partial charge in [-0.2, -0.15) is 0 Å². The van der Waals surface area contributed by atoms with E-state index in [1.165, 1.54) is 34.5 Å². The molecule has 0 saturated heterocycles. The third-order valence-corrected chi connectivity index (χ3v) is 4.14. The van der Waals surface area contributed by atoms with Crippen LogP contribution in [0.5, 0.6) is 23.0 Å². The summed E-state index contributed by atoms with van der Waals surface area (Å²) in [6.45, 7) is 0. The Hall–Kier alpha value is -3.42.